The van der Waals surface area contributed by atoms with Crippen molar-refractivity contribution in [1.29, 1.82) is 0 Å². The van der Waals surface area contributed by atoms with E-state index in [1.807, 2.05) is 0 Å². The first-order chi connectivity index (χ1) is 6.29. The third-order valence-corrected chi connectivity index (χ3v) is 2.03. The molecule has 1 fully saturated rings. The standard InChI is InChI=1S/C6H13N.C3H4N2O/c1-6-4-2-3-5-7-6;1-3-4-2-6-5-3/h6-7H,2-5H2,1H3;2H,1H3. The van der Waals surface area contributed by atoms with Gasteiger partial charge in [-0.05, 0) is 33.2 Å². The quantitative estimate of drug-likeness (QED) is 0.662. The van der Waals surface area contributed by atoms with Gasteiger partial charge in [0.15, 0.2) is 5.82 Å². The summed E-state index contributed by atoms with van der Waals surface area (Å²) in [4.78, 5) is 3.64. The predicted octanol–water partition coefficient (Wildman–Crippen LogP) is 1.53. The molecule has 0 aliphatic carbocycles. The summed E-state index contributed by atoms with van der Waals surface area (Å²) in [5.74, 6) is 0.676. The van der Waals surface area contributed by atoms with E-state index < -0.39 is 0 Å². The van der Waals surface area contributed by atoms with Gasteiger partial charge in [-0.1, -0.05) is 11.6 Å². The molecule has 4 heteroatoms. The fraction of sp³-hybridized carbons (Fsp3) is 0.778. The van der Waals surface area contributed by atoms with Crippen molar-refractivity contribution in [3.05, 3.63) is 12.2 Å². The summed E-state index contributed by atoms with van der Waals surface area (Å²) in [5.41, 5.74) is 0. The Labute approximate surface area is 78.7 Å². The first kappa shape index (κ1) is 10.2. The van der Waals surface area contributed by atoms with Crippen molar-refractivity contribution in [1.82, 2.24) is 15.5 Å². The van der Waals surface area contributed by atoms with Crippen LogP contribution in [-0.2, 0) is 0 Å². The van der Waals surface area contributed by atoms with Crippen LogP contribution < -0.4 is 5.32 Å². The molecule has 1 aromatic heterocycles. The van der Waals surface area contributed by atoms with Crippen LogP contribution in [0.1, 0.15) is 32.0 Å². The lowest BCUT2D eigenvalue weighted by Gasteiger charge is -2.18. The molecule has 2 rings (SSSR count). The molecule has 0 aromatic carbocycles. The minimum Gasteiger partial charge on any atom is -0.343 e. The van der Waals surface area contributed by atoms with Crippen molar-refractivity contribution in [2.45, 2.75) is 39.2 Å². The van der Waals surface area contributed by atoms with Gasteiger partial charge in [-0.2, -0.15) is 4.98 Å². The SMILES string of the molecule is CC1CCCCN1.Cc1ncon1. The van der Waals surface area contributed by atoms with Crippen LogP contribution in [0.3, 0.4) is 0 Å². The first-order valence-corrected chi connectivity index (χ1v) is 4.75. The Bertz CT molecular complexity index is 205. The Morgan fingerprint density at radius 3 is 2.62 bits per heavy atom. The topological polar surface area (TPSA) is 51.0 Å². The first-order valence-electron chi connectivity index (χ1n) is 4.75. The largest absolute Gasteiger partial charge is 0.343 e. The van der Waals surface area contributed by atoms with Crippen molar-refractivity contribution in [3.63, 3.8) is 0 Å². The number of aryl methyl sites for hydroxylation is 1. The molecule has 13 heavy (non-hydrogen) atoms. The van der Waals surface area contributed by atoms with E-state index in [-0.39, 0.29) is 0 Å². The molecule has 0 spiro atoms. The average Bonchev–Trinajstić information content (AvgIpc) is 2.58. The number of hydrogen-bond acceptors (Lipinski definition) is 4. The number of rotatable bonds is 0. The predicted molar refractivity (Wildman–Crippen MR) is 50.4 cm³/mol. The highest BCUT2D eigenvalue weighted by Gasteiger charge is 2.04. The van der Waals surface area contributed by atoms with Crippen LogP contribution in [-0.4, -0.2) is 22.7 Å². The molecule has 1 atom stereocenters. The summed E-state index contributed by atoms with van der Waals surface area (Å²) < 4.78 is 4.35. The van der Waals surface area contributed by atoms with Crippen molar-refractivity contribution in [2.75, 3.05) is 6.54 Å². The van der Waals surface area contributed by atoms with Crippen LogP contribution in [0.15, 0.2) is 10.9 Å². The fourth-order valence-electron chi connectivity index (χ4n) is 1.25. The molecule has 0 bridgehead atoms. The van der Waals surface area contributed by atoms with Crippen LogP contribution in [0.25, 0.3) is 0 Å². The maximum Gasteiger partial charge on any atom is 0.213 e. The second-order valence-corrected chi connectivity index (χ2v) is 3.33. The fourth-order valence-corrected chi connectivity index (χ4v) is 1.25. The Balaban J connectivity index is 0.000000132. The van der Waals surface area contributed by atoms with E-state index in [4.69, 9.17) is 0 Å². The van der Waals surface area contributed by atoms with Crippen molar-refractivity contribution in [3.8, 4) is 0 Å². The van der Waals surface area contributed by atoms with Crippen molar-refractivity contribution < 1.29 is 4.52 Å². The van der Waals surface area contributed by atoms with Gasteiger partial charge in [-0.15, -0.1) is 0 Å². The number of hydrogen-bond donors (Lipinski definition) is 1. The normalized spacial score (nSPS) is 21.8. The van der Waals surface area contributed by atoms with Gasteiger partial charge in [-0.3, -0.25) is 0 Å². The molecule has 2 heterocycles. The van der Waals surface area contributed by atoms with Gasteiger partial charge in [0.2, 0.25) is 6.39 Å². The molecule has 74 valence electrons. The van der Waals surface area contributed by atoms with Gasteiger partial charge in [0.05, 0.1) is 0 Å². The van der Waals surface area contributed by atoms with E-state index in [1.165, 1.54) is 32.2 Å². The van der Waals surface area contributed by atoms with E-state index >= 15 is 0 Å². The number of nitrogens with one attached hydrogen (secondary N) is 1. The Hall–Kier alpha value is -0.900. The second kappa shape index (κ2) is 5.70. The lowest BCUT2D eigenvalue weighted by Crippen LogP contribution is -2.30. The number of nitrogens with zero attached hydrogens (tertiary/aromatic N) is 2. The maximum atomic E-state index is 4.35. The van der Waals surface area contributed by atoms with E-state index in [0.29, 0.717) is 5.82 Å². The minimum atomic E-state index is 0.676. The highest BCUT2D eigenvalue weighted by atomic mass is 16.5. The highest BCUT2D eigenvalue weighted by molar-refractivity contribution is 4.67. The lowest BCUT2D eigenvalue weighted by molar-refractivity contribution is 0.412. The molecule has 1 N–H and O–H groups in total. The Morgan fingerprint density at radius 1 is 1.54 bits per heavy atom. The van der Waals surface area contributed by atoms with Crippen LogP contribution >= 0.6 is 0 Å². The van der Waals surface area contributed by atoms with Crippen LogP contribution in [0, 0.1) is 6.92 Å². The average molecular weight is 183 g/mol. The number of aromatic nitrogens is 2. The third kappa shape index (κ3) is 4.62. The van der Waals surface area contributed by atoms with Gasteiger partial charge >= 0.3 is 0 Å². The Morgan fingerprint density at radius 2 is 2.38 bits per heavy atom. The van der Waals surface area contributed by atoms with E-state index in [2.05, 4.69) is 26.9 Å². The summed E-state index contributed by atoms with van der Waals surface area (Å²) in [6.45, 7) is 5.25. The van der Waals surface area contributed by atoms with E-state index in [9.17, 15) is 0 Å². The highest BCUT2D eigenvalue weighted by Crippen LogP contribution is 2.04. The van der Waals surface area contributed by atoms with Crippen molar-refractivity contribution in [2.24, 2.45) is 0 Å². The van der Waals surface area contributed by atoms with Gasteiger partial charge in [0.25, 0.3) is 0 Å². The molecule has 0 amide bonds. The molecule has 1 aliphatic rings. The number of piperidine rings is 1. The maximum absolute atomic E-state index is 4.35. The molecule has 1 aliphatic heterocycles. The van der Waals surface area contributed by atoms with E-state index in [1.54, 1.807) is 6.92 Å². The summed E-state index contributed by atoms with van der Waals surface area (Å²) >= 11 is 0. The molecule has 1 saturated heterocycles. The van der Waals surface area contributed by atoms with E-state index in [0.717, 1.165) is 6.04 Å². The van der Waals surface area contributed by atoms with Crippen molar-refractivity contribution >= 4 is 0 Å². The molecule has 1 unspecified atom stereocenters. The van der Waals surface area contributed by atoms with Crippen LogP contribution in [0.2, 0.25) is 0 Å². The molecular formula is C9H17N3O. The minimum absolute atomic E-state index is 0.676. The lowest BCUT2D eigenvalue weighted by atomic mass is 10.1. The third-order valence-electron chi connectivity index (χ3n) is 2.03. The summed E-state index contributed by atoms with van der Waals surface area (Å²) in [6, 6.07) is 0.786. The zero-order valence-electron chi connectivity index (χ0n) is 8.29. The molecule has 1 aromatic rings. The summed E-state index contributed by atoms with van der Waals surface area (Å²) in [5, 5.41) is 6.81. The second-order valence-electron chi connectivity index (χ2n) is 3.33. The van der Waals surface area contributed by atoms with Gasteiger partial charge in [0.1, 0.15) is 0 Å². The molecule has 0 radical (unpaired) electrons. The van der Waals surface area contributed by atoms with Gasteiger partial charge in [-0.25, -0.2) is 0 Å². The summed E-state index contributed by atoms with van der Waals surface area (Å²) in [7, 11) is 0. The van der Waals surface area contributed by atoms with Crippen LogP contribution in [0.5, 0.6) is 0 Å². The smallest absolute Gasteiger partial charge is 0.213 e. The zero-order valence-corrected chi connectivity index (χ0v) is 8.29. The molecule has 0 saturated carbocycles. The zero-order chi connectivity index (χ0) is 9.52. The Kier molecular flexibility index (Phi) is 4.46. The summed E-state index contributed by atoms with van der Waals surface area (Å²) in [6.07, 6.45) is 5.48. The molecular weight excluding hydrogens is 166 g/mol. The van der Waals surface area contributed by atoms with Gasteiger partial charge in [0, 0.05) is 6.04 Å². The molecule has 4 nitrogen and oxygen atoms in total. The monoisotopic (exact) mass is 183 g/mol. The van der Waals surface area contributed by atoms with Crippen LogP contribution in [0.4, 0.5) is 0 Å². The van der Waals surface area contributed by atoms with Gasteiger partial charge < -0.3 is 9.84 Å².